The molecule has 1 aromatic carbocycles. The first-order valence-electron chi connectivity index (χ1n) is 6.51. The van der Waals surface area contributed by atoms with Gasteiger partial charge in [0.2, 0.25) is 0 Å². The molecule has 114 valence electrons. The fourth-order valence-corrected chi connectivity index (χ4v) is 2.98. The largest absolute Gasteiger partial charge is 0.416 e. The second-order valence-corrected chi connectivity index (χ2v) is 5.63. The van der Waals surface area contributed by atoms with Crippen molar-refractivity contribution >= 4 is 24.0 Å². The molecular weight excluding hydrogens is 310 g/mol. The predicted molar refractivity (Wildman–Crippen MR) is 77.2 cm³/mol. The third-order valence-corrected chi connectivity index (χ3v) is 4.01. The Hall–Kier alpha value is -0.450. The Morgan fingerprint density at radius 3 is 2.25 bits per heavy atom. The van der Waals surface area contributed by atoms with E-state index in [1.807, 2.05) is 0 Å². The molecule has 0 aromatic heterocycles. The van der Waals surface area contributed by atoms with Gasteiger partial charge in [-0.1, -0.05) is 30.9 Å². The van der Waals surface area contributed by atoms with E-state index in [0.717, 1.165) is 37.8 Å². The Kier molecular flexibility index (Phi) is 6.17. The lowest BCUT2D eigenvalue weighted by Crippen LogP contribution is -2.24. The molecule has 0 radical (unpaired) electrons. The normalized spacial score (nSPS) is 18.4. The van der Waals surface area contributed by atoms with E-state index in [-0.39, 0.29) is 29.4 Å². The van der Waals surface area contributed by atoms with Crippen molar-refractivity contribution in [2.75, 3.05) is 0 Å². The summed E-state index contributed by atoms with van der Waals surface area (Å²) in [7, 11) is 0. The lowest BCUT2D eigenvalue weighted by molar-refractivity contribution is -0.137. The maximum atomic E-state index is 12.8. The molecule has 0 heterocycles. The summed E-state index contributed by atoms with van der Waals surface area (Å²) in [5.74, 6) is 0.258. The maximum Gasteiger partial charge on any atom is 0.416 e. The summed E-state index contributed by atoms with van der Waals surface area (Å²) < 4.78 is 38.3. The first-order valence-corrected chi connectivity index (χ1v) is 6.89. The highest BCUT2D eigenvalue weighted by atomic mass is 35.5. The van der Waals surface area contributed by atoms with Crippen molar-refractivity contribution in [2.24, 2.45) is 11.7 Å². The fraction of sp³-hybridized carbons (Fsp3) is 0.571. The average molecular weight is 328 g/mol. The number of rotatable bonds is 2. The van der Waals surface area contributed by atoms with Crippen molar-refractivity contribution < 1.29 is 13.2 Å². The first-order chi connectivity index (χ1) is 8.88. The molecule has 1 aliphatic rings. The molecule has 2 N–H and O–H groups in total. The van der Waals surface area contributed by atoms with Gasteiger partial charge in [-0.2, -0.15) is 13.2 Å². The quantitative estimate of drug-likeness (QED) is 0.777. The molecule has 6 heteroatoms. The molecule has 0 unspecified atom stereocenters. The molecule has 1 aliphatic carbocycles. The second kappa shape index (κ2) is 7.01. The monoisotopic (exact) mass is 327 g/mol. The van der Waals surface area contributed by atoms with Crippen LogP contribution in [0.3, 0.4) is 0 Å². The van der Waals surface area contributed by atoms with Gasteiger partial charge in [-0.15, -0.1) is 12.4 Å². The van der Waals surface area contributed by atoms with E-state index in [2.05, 4.69) is 0 Å². The van der Waals surface area contributed by atoms with E-state index in [4.69, 9.17) is 17.3 Å². The van der Waals surface area contributed by atoms with Crippen LogP contribution >= 0.6 is 24.0 Å². The number of hydrogen-bond acceptors (Lipinski definition) is 1. The Morgan fingerprint density at radius 2 is 1.70 bits per heavy atom. The van der Waals surface area contributed by atoms with Crippen molar-refractivity contribution in [3.05, 3.63) is 34.3 Å². The van der Waals surface area contributed by atoms with Crippen molar-refractivity contribution in [2.45, 2.75) is 44.3 Å². The lowest BCUT2D eigenvalue weighted by atomic mass is 9.81. The van der Waals surface area contributed by atoms with Crippen LogP contribution in [0.2, 0.25) is 5.02 Å². The van der Waals surface area contributed by atoms with Crippen molar-refractivity contribution in [1.29, 1.82) is 0 Å². The van der Waals surface area contributed by atoms with Gasteiger partial charge in [0.05, 0.1) is 5.56 Å². The number of alkyl halides is 3. The highest BCUT2D eigenvalue weighted by molar-refractivity contribution is 6.30. The van der Waals surface area contributed by atoms with Gasteiger partial charge in [0.25, 0.3) is 0 Å². The van der Waals surface area contributed by atoms with Gasteiger partial charge in [-0.25, -0.2) is 0 Å². The molecule has 20 heavy (non-hydrogen) atoms. The topological polar surface area (TPSA) is 26.0 Å². The van der Waals surface area contributed by atoms with E-state index < -0.39 is 11.7 Å². The Morgan fingerprint density at radius 1 is 1.10 bits per heavy atom. The van der Waals surface area contributed by atoms with Crippen molar-refractivity contribution in [1.82, 2.24) is 0 Å². The summed E-state index contributed by atoms with van der Waals surface area (Å²) in [4.78, 5) is 0. The van der Waals surface area contributed by atoms with E-state index in [1.54, 1.807) is 6.07 Å². The minimum absolute atomic E-state index is 0. The Bertz CT molecular complexity index is 443. The summed E-state index contributed by atoms with van der Waals surface area (Å²) in [6.07, 6.45) is 0.971. The van der Waals surface area contributed by atoms with Gasteiger partial charge in [-0.05, 0) is 42.5 Å². The zero-order chi connectivity index (χ0) is 14.0. The highest BCUT2D eigenvalue weighted by Crippen LogP contribution is 2.37. The number of halogens is 5. The van der Waals surface area contributed by atoms with Crippen LogP contribution in [-0.2, 0) is 6.18 Å². The molecule has 1 aromatic rings. The third-order valence-electron chi connectivity index (χ3n) is 3.79. The number of benzene rings is 1. The van der Waals surface area contributed by atoms with Crippen LogP contribution in [0.1, 0.15) is 49.3 Å². The second-order valence-electron chi connectivity index (χ2n) is 5.19. The molecule has 0 amide bonds. The standard InChI is InChI=1S/C14H17ClF3N.ClH/c15-12-7-10(6-11(8-12)14(16,17)18)13(19)9-4-2-1-3-5-9;/h6-9,13H,1-5,19H2;1H/t13-;/m0./s1. The molecule has 2 rings (SSSR count). The molecule has 1 atom stereocenters. The summed E-state index contributed by atoms with van der Waals surface area (Å²) in [5, 5.41) is 0.0936. The van der Waals surface area contributed by atoms with Gasteiger partial charge in [0.1, 0.15) is 0 Å². The predicted octanol–water partition coefficient (Wildman–Crippen LogP) is 5.36. The smallest absolute Gasteiger partial charge is 0.324 e. The van der Waals surface area contributed by atoms with Crippen LogP contribution < -0.4 is 5.73 Å². The summed E-state index contributed by atoms with van der Waals surface area (Å²) in [5.41, 5.74) is 5.90. The lowest BCUT2D eigenvalue weighted by Gasteiger charge is -2.28. The van der Waals surface area contributed by atoms with Crippen LogP contribution in [0.25, 0.3) is 0 Å². The molecule has 1 nitrogen and oxygen atoms in total. The molecule has 0 saturated heterocycles. The molecule has 0 aliphatic heterocycles. The van der Waals surface area contributed by atoms with Crippen LogP contribution in [0.15, 0.2) is 18.2 Å². The van der Waals surface area contributed by atoms with E-state index in [1.165, 1.54) is 6.42 Å². The SMILES string of the molecule is Cl.N[C@H](c1cc(Cl)cc(C(F)(F)F)c1)C1CCCCC1. The Balaban J connectivity index is 0.00000200. The molecule has 1 fully saturated rings. The summed E-state index contributed by atoms with van der Waals surface area (Å²) in [6.45, 7) is 0. The minimum atomic E-state index is -4.38. The zero-order valence-corrected chi connectivity index (χ0v) is 12.5. The minimum Gasteiger partial charge on any atom is -0.324 e. The average Bonchev–Trinajstić information content (AvgIpc) is 2.37. The van der Waals surface area contributed by atoms with Crippen LogP contribution in [0.5, 0.6) is 0 Å². The molecule has 0 spiro atoms. The van der Waals surface area contributed by atoms with Gasteiger partial charge >= 0.3 is 6.18 Å². The van der Waals surface area contributed by atoms with Crippen LogP contribution in [-0.4, -0.2) is 0 Å². The van der Waals surface area contributed by atoms with Crippen LogP contribution in [0.4, 0.5) is 13.2 Å². The fourth-order valence-electron chi connectivity index (χ4n) is 2.73. The molecular formula is C14H18Cl2F3N. The highest BCUT2D eigenvalue weighted by Gasteiger charge is 2.32. The molecule has 1 saturated carbocycles. The zero-order valence-electron chi connectivity index (χ0n) is 10.9. The third kappa shape index (κ3) is 4.27. The van der Waals surface area contributed by atoms with Gasteiger partial charge in [0.15, 0.2) is 0 Å². The summed E-state index contributed by atoms with van der Waals surface area (Å²) >= 11 is 5.78. The summed E-state index contributed by atoms with van der Waals surface area (Å²) in [6, 6.07) is 3.26. The van der Waals surface area contributed by atoms with E-state index in [9.17, 15) is 13.2 Å². The van der Waals surface area contributed by atoms with Gasteiger partial charge < -0.3 is 5.73 Å². The van der Waals surface area contributed by atoms with Crippen molar-refractivity contribution in [3.63, 3.8) is 0 Å². The molecule has 0 bridgehead atoms. The maximum absolute atomic E-state index is 12.8. The van der Waals surface area contributed by atoms with Gasteiger partial charge in [0, 0.05) is 11.1 Å². The van der Waals surface area contributed by atoms with Crippen molar-refractivity contribution in [3.8, 4) is 0 Å². The first kappa shape index (κ1) is 17.6. The van der Waals surface area contributed by atoms with E-state index in [0.29, 0.717) is 5.56 Å². The number of nitrogens with two attached hydrogens (primary N) is 1. The van der Waals surface area contributed by atoms with Crippen LogP contribution in [0, 0.1) is 5.92 Å². The van der Waals surface area contributed by atoms with E-state index >= 15 is 0 Å². The van der Waals surface area contributed by atoms with Gasteiger partial charge in [-0.3, -0.25) is 0 Å². The number of hydrogen-bond donors (Lipinski definition) is 1. The Labute approximate surface area is 128 Å².